The average molecular weight is 301 g/mol. The molecular formula is C17H16FNOS. The minimum absolute atomic E-state index is 0.187. The largest absolute Gasteiger partial charge is 0.322 e. The lowest BCUT2D eigenvalue weighted by Crippen LogP contribution is -2.07. The highest BCUT2D eigenvalue weighted by Gasteiger charge is 2.00. The summed E-state index contributed by atoms with van der Waals surface area (Å²) in [7, 11) is 0. The quantitative estimate of drug-likeness (QED) is 0.656. The number of rotatable bonds is 4. The highest BCUT2D eigenvalue weighted by Crippen LogP contribution is 2.19. The molecule has 4 heteroatoms. The fourth-order valence-corrected chi connectivity index (χ4v) is 2.33. The van der Waals surface area contributed by atoms with Crippen molar-refractivity contribution < 1.29 is 9.18 Å². The standard InChI is InChI=1S/C17H16FNOS/c1-12-3-6-15(11-13(12)2)19-17(20)9-10-21-16-7-4-14(18)5-8-16/h3-11H,1-2H3,(H,19,20). The maximum Gasteiger partial charge on any atom is 0.248 e. The van der Waals surface area contributed by atoms with E-state index >= 15 is 0 Å². The molecule has 0 aromatic heterocycles. The second kappa shape index (κ2) is 7.09. The van der Waals surface area contributed by atoms with Crippen LogP contribution >= 0.6 is 11.8 Å². The molecule has 0 atom stereocenters. The van der Waals surface area contributed by atoms with Gasteiger partial charge in [0.25, 0.3) is 0 Å². The highest BCUT2D eigenvalue weighted by molar-refractivity contribution is 8.02. The number of hydrogen-bond acceptors (Lipinski definition) is 2. The zero-order chi connectivity index (χ0) is 15.2. The van der Waals surface area contributed by atoms with Crippen LogP contribution in [-0.4, -0.2) is 5.91 Å². The number of hydrogen-bond donors (Lipinski definition) is 1. The van der Waals surface area contributed by atoms with Gasteiger partial charge in [-0.2, -0.15) is 0 Å². The summed E-state index contributed by atoms with van der Waals surface area (Å²) in [5, 5.41) is 4.49. The molecule has 0 fully saturated rings. The number of anilines is 1. The van der Waals surface area contributed by atoms with Gasteiger partial charge in [0.1, 0.15) is 5.82 Å². The Labute approximate surface area is 128 Å². The Kier molecular flexibility index (Phi) is 5.17. The first-order valence-electron chi connectivity index (χ1n) is 6.51. The molecule has 0 spiro atoms. The van der Waals surface area contributed by atoms with Gasteiger partial charge in [0, 0.05) is 16.7 Å². The van der Waals surface area contributed by atoms with Crippen LogP contribution < -0.4 is 5.32 Å². The van der Waals surface area contributed by atoms with E-state index in [0.717, 1.165) is 16.1 Å². The van der Waals surface area contributed by atoms with Gasteiger partial charge in [-0.3, -0.25) is 4.79 Å². The summed E-state index contributed by atoms with van der Waals surface area (Å²) in [4.78, 5) is 12.7. The lowest BCUT2D eigenvalue weighted by molar-refractivity contribution is -0.111. The third-order valence-corrected chi connectivity index (χ3v) is 3.83. The van der Waals surface area contributed by atoms with E-state index in [1.54, 1.807) is 17.5 Å². The van der Waals surface area contributed by atoms with E-state index in [4.69, 9.17) is 0 Å². The summed E-state index contributed by atoms with van der Waals surface area (Å²) < 4.78 is 12.7. The lowest BCUT2D eigenvalue weighted by atomic mass is 10.1. The summed E-state index contributed by atoms with van der Waals surface area (Å²) in [5.74, 6) is -0.455. The van der Waals surface area contributed by atoms with Crippen molar-refractivity contribution in [3.8, 4) is 0 Å². The second-order valence-electron chi connectivity index (χ2n) is 4.66. The van der Waals surface area contributed by atoms with Crippen LogP contribution in [0.15, 0.2) is 58.8 Å². The minimum atomic E-state index is -0.268. The van der Waals surface area contributed by atoms with Crippen LogP contribution in [0.4, 0.5) is 10.1 Å². The van der Waals surface area contributed by atoms with Crippen molar-refractivity contribution in [1.82, 2.24) is 0 Å². The third-order valence-electron chi connectivity index (χ3n) is 3.01. The highest BCUT2D eigenvalue weighted by atomic mass is 32.2. The number of nitrogens with one attached hydrogen (secondary N) is 1. The number of halogens is 1. The first kappa shape index (κ1) is 15.3. The van der Waals surface area contributed by atoms with Gasteiger partial charge in [-0.05, 0) is 66.8 Å². The van der Waals surface area contributed by atoms with Gasteiger partial charge in [-0.1, -0.05) is 17.8 Å². The van der Waals surface area contributed by atoms with Crippen molar-refractivity contribution >= 4 is 23.4 Å². The lowest BCUT2D eigenvalue weighted by Gasteiger charge is -2.05. The van der Waals surface area contributed by atoms with Crippen LogP contribution in [0.5, 0.6) is 0 Å². The summed E-state index contributed by atoms with van der Waals surface area (Å²) in [6.07, 6.45) is 1.46. The van der Waals surface area contributed by atoms with Gasteiger partial charge in [0.05, 0.1) is 0 Å². The van der Waals surface area contributed by atoms with Gasteiger partial charge in [0.15, 0.2) is 0 Å². The first-order valence-corrected chi connectivity index (χ1v) is 7.39. The molecule has 108 valence electrons. The zero-order valence-corrected chi connectivity index (χ0v) is 12.7. The molecule has 0 saturated heterocycles. The summed E-state index contributed by atoms with van der Waals surface area (Å²) in [6, 6.07) is 11.9. The van der Waals surface area contributed by atoms with Crippen LogP contribution in [0.25, 0.3) is 0 Å². The van der Waals surface area contributed by atoms with E-state index in [0.29, 0.717) is 0 Å². The van der Waals surface area contributed by atoms with Crippen molar-refractivity contribution in [2.24, 2.45) is 0 Å². The molecule has 0 heterocycles. The van der Waals surface area contributed by atoms with Gasteiger partial charge in [-0.15, -0.1) is 0 Å². The van der Waals surface area contributed by atoms with Crippen molar-refractivity contribution in [3.05, 3.63) is 70.9 Å². The van der Waals surface area contributed by atoms with Gasteiger partial charge in [0.2, 0.25) is 5.91 Å². The van der Waals surface area contributed by atoms with E-state index in [1.807, 2.05) is 32.0 Å². The van der Waals surface area contributed by atoms with Crippen LogP contribution in [0, 0.1) is 19.7 Å². The molecule has 0 radical (unpaired) electrons. The smallest absolute Gasteiger partial charge is 0.248 e. The Morgan fingerprint density at radius 1 is 1.10 bits per heavy atom. The predicted molar refractivity (Wildman–Crippen MR) is 85.9 cm³/mol. The third kappa shape index (κ3) is 4.76. The molecule has 0 aliphatic carbocycles. The van der Waals surface area contributed by atoms with E-state index in [2.05, 4.69) is 5.32 Å². The fraction of sp³-hybridized carbons (Fsp3) is 0.118. The first-order chi connectivity index (χ1) is 10.0. The molecule has 0 aliphatic rings. The Balaban J connectivity index is 1.90. The maximum absolute atomic E-state index is 12.7. The molecular weight excluding hydrogens is 285 g/mol. The summed E-state index contributed by atoms with van der Waals surface area (Å²) in [5.41, 5.74) is 3.10. The molecule has 0 unspecified atom stereocenters. The maximum atomic E-state index is 12.7. The van der Waals surface area contributed by atoms with Crippen LogP contribution in [0.2, 0.25) is 0 Å². The minimum Gasteiger partial charge on any atom is -0.322 e. The normalized spacial score (nSPS) is 10.8. The topological polar surface area (TPSA) is 29.1 Å². The summed E-state index contributed by atoms with van der Waals surface area (Å²) >= 11 is 1.37. The monoisotopic (exact) mass is 301 g/mol. The molecule has 0 saturated carbocycles. The van der Waals surface area contributed by atoms with Crippen LogP contribution in [0.3, 0.4) is 0 Å². The molecule has 1 amide bonds. The molecule has 0 aliphatic heterocycles. The fourth-order valence-electron chi connectivity index (χ4n) is 1.69. The number of benzene rings is 2. The number of aryl methyl sites for hydroxylation is 2. The van der Waals surface area contributed by atoms with E-state index < -0.39 is 0 Å². The van der Waals surface area contributed by atoms with Crippen molar-refractivity contribution in [2.75, 3.05) is 5.32 Å². The van der Waals surface area contributed by atoms with E-state index in [-0.39, 0.29) is 11.7 Å². The Bertz CT molecular complexity index is 665. The van der Waals surface area contributed by atoms with E-state index in [9.17, 15) is 9.18 Å². The Morgan fingerprint density at radius 2 is 1.81 bits per heavy atom. The van der Waals surface area contributed by atoms with Gasteiger partial charge < -0.3 is 5.32 Å². The number of carbonyl (C=O) groups is 1. The Hall–Kier alpha value is -2.07. The predicted octanol–water partition coefficient (Wildman–Crippen LogP) is 4.69. The zero-order valence-electron chi connectivity index (χ0n) is 11.9. The number of thioether (sulfide) groups is 1. The van der Waals surface area contributed by atoms with Crippen LogP contribution in [0.1, 0.15) is 11.1 Å². The molecule has 2 aromatic carbocycles. The summed E-state index contributed by atoms with van der Waals surface area (Å²) in [6.45, 7) is 4.03. The second-order valence-corrected chi connectivity index (χ2v) is 5.64. The molecule has 1 N–H and O–H groups in total. The molecule has 2 aromatic rings. The van der Waals surface area contributed by atoms with Gasteiger partial charge >= 0.3 is 0 Å². The van der Waals surface area contributed by atoms with Crippen LogP contribution in [-0.2, 0) is 4.79 Å². The number of amides is 1. The average Bonchev–Trinajstić information content (AvgIpc) is 2.45. The van der Waals surface area contributed by atoms with E-state index in [1.165, 1.54) is 35.5 Å². The van der Waals surface area contributed by atoms with Crippen molar-refractivity contribution in [3.63, 3.8) is 0 Å². The molecule has 2 rings (SSSR count). The molecule has 2 nitrogen and oxygen atoms in total. The van der Waals surface area contributed by atoms with Crippen molar-refractivity contribution in [2.45, 2.75) is 18.7 Å². The van der Waals surface area contributed by atoms with Gasteiger partial charge in [-0.25, -0.2) is 4.39 Å². The van der Waals surface area contributed by atoms with Crippen molar-refractivity contribution in [1.29, 1.82) is 0 Å². The molecule has 21 heavy (non-hydrogen) atoms. The Morgan fingerprint density at radius 3 is 2.48 bits per heavy atom. The SMILES string of the molecule is Cc1ccc(NC(=O)C=CSc2ccc(F)cc2)cc1C. The molecule has 0 bridgehead atoms. The number of carbonyl (C=O) groups excluding carboxylic acids is 1.